The summed E-state index contributed by atoms with van der Waals surface area (Å²) >= 11 is 0. The summed E-state index contributed by atoms with van der Waals surface area (Å²) in [4.78, 5) is 6.93. The maximum Gasteiger partial charge on any atom is 0.263 e. The van der Waals surface area contributed by atoms with Crippen molar-refractivity contribution in [3.05, 3.63) is 65.7 Å². The monoisotopic (exact) mass is 356 g/mol. The van der Waals surface area contributed by atoms with Gasteiger partial charge < -0.3 is 4.98 Å². The summed E-state index contributed by atoms with van der Waals surface area (Å²) in [5.41, 5.74) is 1.53. The number of pyridine rings is 1. The zero-order valence-corrected chi connectivity index (χ0v) is 13.9. The van der Waals surface area contributed by atoms with Gasteiger partial charge in [-0.1, -0.05) is 6.07 Å². The first-order valence-corrected chi connectivity index (χ1v) is 8.72. The molecule has 0 aliphatic heterocycles. The maximum absolute atomic E-state index is 14.0. The standard InChI is InChI=1S/C17H13FN4O2S/c1-11-6-16(14(18)7-12(11)9-19)22-25(23,24)13-8-17(21-10-13)15-4-2-3-5-20-15/h2-8,10,21-22H,1H3. The summed E-state index contributed by atoms with van der Waals surface area (Å²) < 4.78 is 41.2. The van der Waals surface area contributed by atoms with Crippen molar-refractivity contribution in [1.82, 2.24) is 9.97 Å². The molecule has 0 radical (unpaired) electrons. The molecular weight excluding hydrogens is 343 g/mol. The number of aryl methyl sites for hydroxylation is 1. The smallest absolute Gasteiger partial charge is 0.263 e. The number of nitrogens with zero attached hydrogens (tertiary/aromatic N) is 2. The number of aromatic amines is 1. The Morgan fingerprint density at radius 3 is 2.76 bits per heavy atom. The van der Waals surface area contributed by atoms with Gasteiger partial charge in [0, 0.05) is 12.4 Å². The molecule has 25 heavy (non-hydrogen) atoms. The summed E-state index contributed by atoms with van der Waals surface area (Å²) in [6.45, 7) is 1.60. The topological polar surface area (TPSA) is 98.6 Å². The second-order valence-electron chi connectivity index (χ2n) is 5.33. The van der Waals surface area contributed by atoms with E-state index < -0.39 is 15.8 Å². The number of aromatic nitrogens is 2. The quantitative estimate of drug-likeness (QED) is 0.750. The predicted molar refractivity (Wildman–Crippen MR) is 90.7 cm³/mol. The molecule has 2 heterocycles. The van der Waals surface area contributed by atoms with Crippen molar-refractivity contribution in [3.63, 3.8) is 0 Å². The molecule has 8 heteroatoms. The lowest BCUT2D eigenvalue weighted by Gasteiger charge is -2.09. The van der Waals surface area contributed by atoms with E-state index in [1.54, 1.807) is 31.3 Å². The fourth-order valence-electron chi connectivity index (χ4n) is 2.28. The number of rotatable bonds is 4. The minimum atomic E-state index is -3.99. The lowest BCUT2D eigenvalue weighted by Crippen LogP contribution is -2.13. The van der Waals surface area contributed by atoms with E-state index in [1.807, 2.05) is 6.07 Å². The van der Waals surface area contributed by atoms with Crippen molar-refractivity contribution in [2.75, 3.05) is 4.72 Å². The average Bonchev–Trinajstić information content (AvgIpc) is 3.09. The van der Waals surface area contributed by atoms with Crippen LogP contribution in [0, 0.1) is 24.1 Å². The second-order valence-corrected chi connectivity index (χ2v) is 7.01. The van der Waals surface area contributed by atoms with Crippen molar-refractivity contribution in [2.45, 2.75) is 11.8 Å². The molecule has 126 valence electrons. The van der Waals surface area contributed by atoms with E-state index in [-0.39, 0.29) is 16.1 Å². The first-order chi connectivity index (χ1) is 11.9. The number of nitrogens with one attached hydrogen (secondary N) is 2. The van der Waals surface area contributed by atoms with E-state index in [0.29, 0.717) is 17.0 Å². The molecule has 3 rings (SSSR count). The number of sulfonamides is 1. The molecule has 2 aromatic heterocycles. The van der Waals surface area contributed by atoms with Crippen LogP contribution in [0.5, 0.6) is 0 Å². The lowest BCUT2D eigenvalue weighted by atomic mass is 10.1. The summed E-state index contributed by atoms with van der Waals surface area (Å²) in [6, 6.07) is 10.8. The van der Waals surface area contributed by atoms with Gasteiger partial charge in [-0.05, 0) is 42.8 Å². The van der Waals surface area contributed by atoms with Gasteiger partial charge in [0.25, 0.3) is 10.0 Å². The highest BCUT2D eigenvalue weighted by Gasteiger charge is 2.19. The number of hydrogen-bond acceptors (Lipinski definition) is 4. The third-order valence-corrected chi connectivity index (χ3v) is 4.93. The molecule has 0 aliphatic rings. The molecule has 0 atom stereocenters. The van der Waals surface area contributed by atoms with E-state index >= 15 is 0 Å². The zero-order valence-electron chi connectivity index (χ0n) is 13.1. The summed E-state index contributed by atoms with van der Waals surface area (Å²) in [5, 5.41) is 8.89. The highest BCUT2D eigenvalue weighted by molar-refractivity contribution is 7.92. The number of benzene rings is 1. The first-order valence-electron chi connectivity index (χ1n) is 7.23. The van der Waals surface area contributed by atoms with Crippen LogP contribution in [0.4, 0.5) is 10.1 Å². The summed E-state index contributed by atoms with van der Waals surface area (Å²) in [6.07, 6.45) is 2.90. The van der Waals surface area contributed by atoms with Crippen LogP contribution in [0.25, 0.3) is 11.4 Å². The Morgan fingerprint density at radius 1 is 1.28 bits per heavy atom. The third kappa shape index (κ3) is 3.36. The van der Waals surface area contributed by atoms with Gasteiger partial charge in [0.1, 0.15) is 10.7 Å². The molecule has 6 nitrogen and oxygen atoms in total. The van der Waals surface area contributed by atoms with Crippen LogP contribution in [0.2, 0.25) is 0 Å². The second kappa shape index (κ2) is 6.37. The first kappa shape index (κ1) is 16.7. The van der Waals surface area contributed by atoms with Crippen molar-refractivity contribution in [1.29, 1.82) is 5.26 Å². The molecule has 0 spiro atoms. The normalized spacial score (nSPS) is 11.1. The molecule has 0 unspecified atom stereocenters. The fourth-order valence-corrected chi connectivity index (χ4v) is 3.33. The molecule has 0 amide bonds. The summed E-state index contributed by atoms with van der Waals surface area (Å²) in [7, 11) is -3.99. The van der Waals surface area contributed by atoms with Gasteiger partial charge in [0.15, 0.2) is 0 Å². The Balaban J connectivity index is 1.92. The Bertz CT molecular complexity index is 1070. The highest BCUT2D eigenvalue weighted by atomic mass is 32.2. The average molecular weight is 356 g/mol. The molecule has 0 fully saturated rings. The van der Waals surface area contributed by atoms with Crippen molar-refractivity contribution < 1.29 is 12.8 Å². The van der Waals surface area contributed by atoms with Crippen LogP contribution in [0.15, 0.2) is 53.7 Å². The van der Waals surface area contributed by atoms with Gasteiger partial charge in [0.05, 0.1) is 28.7 Å². The van der Waals surface area contributed by atoms with Gasteiger partial charge in [-0.25, -0.2) is 12.8 Å². The Morgan fingerprint density at radius 2 is 2.08 bits per heavy atom. The Hall–Kier alpha value is -3.18. The van der Waals surface area contributed by atoms with E-state index in [0.717, 1.165) is 6.07 Å². The van der Waals surface area contributed by atoms with Crippen molar-refractivity contribution in [2.24, 2.45) is 0 Å². The minimum Gasteiger partial charge on any atom is -0.359 e. The Labute approximate surface area is 144 Å². The summed E-state index contributed by atoms with van der Waals surface area (Å²) in [5.74, 6) is -0.814. The van der Waals surface area contributed by atoms with Crippen LogP contribution < -0.4 is 4.72 Å². The van der Waals surface area contributed by atoms with Gasteiger partial charge in [-0.2, -0.15) is 5.26 Å². The van der Waals surface area contributed by atoms with E-state index in [1.165, 1.54) is 18.3 Å². The number of hydrogen-bond donors (Lipinski definition) is 2. The SMILES string of the molecule is Cc1cc(NS(=O)(=O)c2c[nH]c(-c3ccccn3)c2)c(F)cc1C#N. The molecular formula is C17H13FN4O2S. The van der Waals surface area contributed by atoms with E-state index in [2.05, 4.69) is 14.7 Å². The van der Waals surface area contributed by atoms with Crippen LogP contribution in [0.1, 0.15) is 11.1 Å². The molecule has 0 bridgehead atoms. The fraction of sp³-hybridized carbons (Fsp3) is 0.0588. The number of halogens is 1. The van der Waals surface area contributed by atoms with Gasteiger partial charge in [0.2, 0.25) is 0 Å². The lowest BCUT2D eigenvalue weighted by molar-refractivity contribution is 0.598. The van der Waals surface area contributed by atoms with E-state index in [4.69, 9.17) is 5.26 Å². The maximum atomic E-state index is 14.0. The zero-order chi connectivity index (χ0) is 18.0. The molecule has 0 saturated carbocycles. The van der Waals surface area contributed by atoms with Gasteiger partial charge >= 0.3 is 0 Å². The van der Waals surface area contributed by atoms with E-state index in [9.17, 15) is 12.8 Å². The van der Waals surface area contributed by atoms with Gasteiger partial charge in [-0.15, -0.1) is 0 Å². The van der Waals surface area contributed by atoms with Crippen LogP contribution in [-0.2, 0) is 10.0 Å². The highest BCUT2D eigenvalue weighted by Crippen LogP contribution is 2.25. The van der Waals surface area contributed by atoms with Crippen LogP contribution >= 0.6 is 0 Å². The minimum absolute atomic E-state index is 0.0467. The van der Waals surface area contributed by atoms with Crippen LogP contribution in [0.3, 0.4) is 0 Å². The third-order valence-electron chi connectivity index (χ3n) is 3.59. The number of anilines is 1. The van der Waals surface area contributed by atoms with Crippen LogP contribution in [-0.4, -0.2) is 18.4 Å². The number of H-pyrrole nitrogens is 1. The largest absolute Gasteiger partial charge is 0.359 e. The predicted octanol–water partition coefficient (Wildman–Crippen LogP) is 3.20. The molecule has 0 aliphatic carbocycles. The van der Waals surface area contributed by atoms with Gasteiger partial charge in [-0.3, -0.25) is 9.71 Å². The molecule has 2 N–H and O–H groups in total. The Kier molecular flexibility index (Phi) is 4.25. The van der Waals surface area contributed by atoms with Crippen molar-refractivity contribution >= 4 is 15.7 Å². The molecule has 3 aromatic rings. The van der Waals surface area contributed by atoms with Crippen molar-refractivity contribution in [3.8, 4) is 17.5 Å². The molecule has 0 saturated heterocycles. The molecule has 1 aromatic carbocycles. The number of nitriles is 1.